The highest BCUT2D eigenvalue weighted by Crippen LogP contribution is 2.42. The van der Waals surface area contributed by atoms with E-state index < -0.39 is 38.2 Å². The third kappa shape index (κ3) is 6.71. The Labute approximate surface area is 213 Å². The molecule has 1 heterocycles. The summed E-state index contributed by atoms with van der Waals surface area (Å²) in [6, 6.07) is -0.131. The summed E-state index contributed by atoms with van der Waals surface area (Å²) in [7, 11) is 2.58. The number of cyclic esters (lactones) is 1. The van der Waals surface area contributed by atoms with E-state index in [1.54, 1.807) is 32.0 Å². The number of carboxylic acid groups (broad SMARTS) is 1. The summed E-state index contributed by atoms with van der Waals surface area (Å²) in [4.78, 5) is 39.6. The molecule has 1 aromatic rings. The Kier molecular flexibility index (Phi) is 9.29. The lowest BCUT2D eigenvalue weighted by Crippen LogP contribution is -2.52. The zero-order valence-corrected chi connectivity index (χ0v) is 23.9. The van der Waals surface area contributed by atoms with E-state index in [0.29, 0.717) is 33.9 Å². The number of ether oxygens (including phenoxy) is 2. The van der Waals surface area contributed by atoms with Crippen LogP contribution >= 0.6 is 11.8 Å². The van der Waals surface area contributed by atoms with E-state index in [0.717, 1.165) is 0 Å². The SMILES string of the molecule is COc1cc(O[Si](C)(C)C(C)(C)C)c2c(c1C)C(=O)OC[C@H](N(C)C)C(=O)N[C@H](C(=O)O)CSC2. The zero-order valence-electron chi connectivity index (χ0n) is 22.1. The highest BCUT2D eigenvalue weighted by atomic mass is 32.2. The van der Waals surface area contributed by atoms with Crippen LogP contribution in [-0.2, 0) is 20.1 Å². The predicted molar refractivity (Wildman–Crippen MR) is 139 cm³/mol. The molecule has 0 radical (unpaired) electrons. The van der Waals surface area contributed by atoms with E-state index in [-0.39, 0.29) is 17.4 Å². The van der Waals surface area contributed by atoms with Gasteiger partial charge in [0.2, 0.25) is 14.2 Å². The largest absolute Gasteiger partial charge is 0.543 e. The summed E-state index contributed by atoms with van der Waals surface area (Å²) in [6.45, 7) is 12.2. The van der Waals surface area contributed by atoms with Gasteiger partial charge in [-0.2, -0.15) is 11.8 Å². The number of nitrogens with one attached hydrogen (secondary N) is 1. The van der Waals surface area contributed by atoms with Crippen LogP contribution in [0.5, 0.6) is 11.5 Å². The summed E-state index contributed by atoms with van der Waals surface area (Å²) in [6.07, 6.45) is 0. The number of hydrogen-bond donors (Lipinski definition) is 2. The van der Waals surface area contributed by atoms with Crippen LogP contribution in [-0.4, -0.2) is 81.8 Å². The van der Waals surface area contributed by atoms with Crippen LogP contribution in [0, 0.1) is 6.92 Å². The first-order chi connectivity index (χ1) is 16.1. The minimum absolute atomic E-state index is 0.0886. The summed E-state index contributed by atoms with van der Waals surface area (Å²) >= 11 is 1.31. The number of likely N-dealkylation sites (N-methyl/N-ethyl adjacent to an activating group) is 1. The van der Waals surface area contributed by atoms with Crippen LogP contribution in [0.15, 0.2) is 6.07 Å². The average Bonchev–Trinajstić information content (AvgIpc) is 2.72. The number of amides is 1. The van der Waals surface area contributed by atoms with Crippen molar-refractivity contribution in [3.05, 3.63) is 22.8 Å². The number of methoxy groups -OCH3 is 1. The molecule has 0 saturated heterocycles. The van der Waals surface area contributed by atoms with Crippen molar-refractivity contribution in [2.45, 2.75) is 63.7 Å². The predicted octanol–water partition coefficient (Wildman–Crippen LogP) is 3.29. The Morgan fingerprint density at radius 1 is 1.26 bits per heavy atom. The first kappa shape index (κ1) is 29.0. The molecule has 0 aliphatic carbocycles. The highest BCUT2D eigenvalue weighted by molar-refractivity contribution is 7.98. The molecule has 11 heteroatoms. The molecular weight excluding hydrogens is 488 g/mol. The second-order valence-corrected chi connectivity index (χ2v) is 16.2. The van der Waals surface area contributed by atoms with Gasteiger partial charge in [-0.25, -0.2) is 9.59 Å². The van der Waals surface area contributed by atoms with E-state index in [9.17, 15) is 19.5 Å². The van der Waals surface area contributed by atoms with Crippen LogP contribution in [0.1, 0.15) is 42.3 Å². The van der Waals surface area contributed by atoms with Crippen molar-refractivity contribution < 1.29 is 33.4 Å². The van der Waals surface area contributed by atoms with Gasteiger partial charge in [0, 0.05) is 28.7 Å². The van der Waals surface area contributed by atoms with Gasteiger partial charge in [-0.05, 0) is 39.2 Å². The number of rotatable bonds is 5. The Morgan fingerprint density at radius 2 is 1.89 bits per heavy atom. The lowest BCUT2D eigenvalue weighted by Gasteiger charge is -2.37. The molecule has 0 spiro atoms. The van der Waals surface area contributed by atoms with Crippen molar-refractivity contribution in [2.75, 3.05) is 33.6 Å². The Balaban J connectivity index is 2.66. The van der Waals surface area contributed by atoms with Gasteiger partial charge >= 0.3 is 11.9 Å². The van der Waals surface area contributed by atoms with Gasteiger partial charge in [-0.3, -0.25) is 9.69 Å². The fourth-order valence-corrected chi connectivity index (χ4v) is 5.45. The molecule has 196 valence electrons. The standard InChI is InChI=1S/C24H38N2O7SSi/c1-14-18(31-7)10-19(33-35(8,9)24(2,3)4)15-12-34-13-16(22(28)29)25-21(27)17(26(5)6)11-32-23(30)20(14)15/h10,16-17H,11-13H2,1-9H3,(H,25,27)(H,28,29)/t16-,17-/m0/s1. The quantitative estimate of drug-likeness (QED) is 0.441. The molecule has 0 aromatic heterocycles. The molecule has 1 aliphatic heterocycles. The van der Waals surface area contributed by atoms with Gasteiger partial charge in [-0.1, -0.05) is 20.8 Å². The van der Waals surface area contributed by atoms with E-state index in [1.807, 2.05) is 0 Å². The monoisotopic (exact) mass is 526 g/mol. The molecule has 35 heavy (non-hydrogen) atoms. The summed E-state index contributed by atoms with van der Waals surface area (Å²) in [5, 5.41) is 12.2. The maximum absolute atomic E-state index is 13.4. The number of esters is 1. The second kappa shape index (κ2) is 11.2. The molecule has 2 rings (SSSR count). The Hall–Kier alpha value is -2.24. The molecule has 0 fully saturated rings. The van der Waals surface area contributed by atoms with Crippen molar-refractivity contribution in [3.8, 4) is 11.5 Å². The van der Waals surface area contributed by atoms with Gasteiger partial charge in [0.15, 0.2) is 0 Å². The Morgan fingerprint density at radius 3 is 2.40 bits per heavy atom. The zero-order chi connectivity index (χ0) is 26.7. The maximum Gasteiger partial charge on any atom is 0.339 e. The van der Waals surface area contributed by atoms with Crippen molar-refractivity contribution in [3.63, 3.8) is 0 Å². The normalized spacial score (nSPS) is 20.2. The van der Waals surface area contributed by atoms with E-state index >= 15 is 0 Å². The van der Waals surface area contributed by atoms with E-state index in [1.165, 1.54) is 18.9 Å². The molecule has 9 nitrogen and oxygen atoms in total. The lowest BCUT2D eigenvalue weighted by molar-refractivity contribution is -0.142. The van der Waals surface area contributed by atoms with E-state index in [4.69, 9.17) is 13.9 Å². The van der Waals surface area contributed by atoms with Crippen molar-refractivity contribution in [2.24, 2.45) is 0 Å². The molecule has 2 atom stereocenters. The molecule has 0 saturated carbocycles. The van der Waals surface area contributed by atoms with Gasteiger partial charge < -0.3 is 24.3 Å². The van der Waals surface area contributed by atoms with Crippen molar-refractivity contribution in [1.82, 2.24) is 10.2 Å². The summed E-state index contributed by atoms with van der Waals surface area (Å²) in [5.41, 5.74) is 1.57. The van der Waals surface area contributed by atoms with Crippen molar-refractivity contribution >= 4 is 37.9 Å². The fraction of sp³-hybridized carbons (Fsp3) is 0.625. The van der Waals surface area contributed by atoms with Crippen LogP contribution in [0.25, 0.3) is 0 Å². The number of carbonyl (C=O) groups excluding carboxylic acids is 2. The number of fused-ring (bicyclic) bond motifs is 1. The minimum Gasteiger partial charge on any atom is -0.543 e. The van der Waals surface area contributed by atoms with Crippen LogP contribution < -0.4 is 14.5 Å². The third-order valence-corrected chi connectivity index (χ3v) is 12.0. The maximum atomic E-state index is 13.4. The number of thioether (sulfide) groups is 1. The number of hydrogen-bond acceptors (Lipinski definition) is 8. The third-order valence-electron chi connectivity index (χ3n) is 6.65. The molecule has 0 unspecified atom stereocenters. The van der Waals surface area contributed by atoms with Crippen LogP contribution in [0.4, 0.5) is 0 Å². The molecule has 1 amide bonds. The average molecular weight is 527 g/mol. The smallest absolute Gasteiger partial charge is 0.339 e. The van der Waals surface area contributed by atoms with Crippen LogP contribution in [0.3, 0.4) is 0 Å². The Bertz CT molecular complexity index is 976. The molecule has 1 aliphatic rings. The van der Waals surface area contributed by atoms with Crippen LogP contribution in [0.2, 0.25) is 18.1 Å². The number of nitrogens with zero attached hydrogens (tertiary/aromatic N) is 1. The van der Waals surface area contributed by atoms with Gasteiger partial charge in [-0.15, -0.1) is 0 Å². The molecule has 0 bridgehead atoms. The highest BCUT2D eigenvalue weighted by Gasteiger charge is 2.40. The van der Waals surface area contributed by atoms with Gasteiger partial charge in [0.25, 0.3) is 0 Å². The molecule has 2 N–H and O–H groups in total. The van der Waals surface area contributed by atoms with Gasteiger partial charge in [0.1, 0.15) is 30.2 Å². The topological polar surface area (TPSA) is 114 Å². The van der Waals surface area contributed by atoms with Gasteiger partial charge in [0.05, 0.1) is 12.7 Å². The first-order valence-corrected chi connectivity index (χ1v) is 15.5. The molecular formula is C24H38N2O7SSi. The van der Waals surface area contributed by atoms with Crippen molar-refractivity contribution in [1.29, 1.82) is 0 Å². The summed E-state index contributed by atoms with van der Waals surface area (Å²) < 4.78 is 17.8. The number of carboxylic acids is 1. The first-order valence-electron chi connectivity index (χ1n) is 11.4. The second-order valence-electron chi connectivity index (χ2n) is 10.4. The summed E-state index contributed by atoms with van der Waals surface area (Å²) in [5.74, 6) is -0.752. The number of carbonyl (C=O) groups is 3. The molecule has 1 aromatic carbocycles. The number of benzene rings is 1. The lowest BCUT2D eigenvalue weighted by atomic mass is 10.0. The minimum atomic E-state index is -2.29. The fourth-order valence-electron chi connectivity index (χ4n) is 3.35. The number of aliphatic carboxylic acids is 1. The van der Waals surface area contributed by atoms with E-state index in [2.05, 4.69) is 39.2 Å².